The summed E-state index contributed by atoms with van der Waals surface area (Å²) in [4.78, 5) is 24.3. The second-order valence-corrected chi connectivity index (χ2v) is 6.53. The SMILES string of the molecule is CCCc1cc(C(=O)N(C)CC2(O)CCN(c3ncccn3)C2)no1. The van der Waals surface area contributed by atoms with Crippen LogP contribution in [0.1, 0.15) is 36.0 Å². The number of hydrogen-bond donors (Lipinski definition) is 1. The maximum atomic E-state index is 12.5. The molecule has 25 heavy (non-hydrogen) atoms. The van der Waals surface area contributed by atoms with E-state index in [9.17, 15) is 9.90 Å². The van der Waals surface area contributed by atoms with Crippen molar-refractivity contribution >= 4 is 11.9 Å². The largest absolute Gasteiger partial charge is 0.386 e. The van der Waals surface area contributed by atoms with Crippen molar-refractivity contribution in [1.82, 2.24) is 20.0 Å². The predicted molar refractivity (Wildman–Crippen MR) is 91.3 cm³/mol. The van der Waals surface area contributed by atoms with Crippen LogP contribution in [0, 0.1) is 0 Å². The van der Waals surface area contributed by atoms with Crippen LogP contribution in [0.15, 0.2) is 29.0 Å². The third-order valence-electron chi connectivity index (χ3n) is 4.32. The fourth-order valence-electron chi connectivity index (χ4n) is 3.10. The fourth-order valence-corrected chi connectivity index (χ4v) is 3.10. The minimum Gasteiger partial charge on any atom is -0.386 e. The summed E-state index contributed by atoms with van der Waals surface area (Å²) in [6.07, 6.45) is 5.57. The van der Waals surface area contributed by atoms with Gasteiger partial charge in [0.25, 0.3) is 5.91 Å². The molecule has 8 heteroatoms. The lowest BCUT2D eigenvalue weighted by molar-refractivity contribution is 0.0260. The van der Waals surface area contributed by atoms with E-state index in [-0.39, 0.29) is 18.1 Å². The van der Waals surface area contributed by atoms with Gasteiger partial charge in [0.2, 0.25) is 5.95 Å². The van der Waals surface area contributed by atoms with Gasteiger partial charge in [0, 0.05) is 38.5 Å². The van der Waals surface area contributed by atoms with Crippen LogP contribution in [0.3, 0.4) is 0 Å². The van der Waals surface area contributed by atoms with Gasteiger partial charge in [-0.15, -0.1) is 0 Å². The van der Waals surface area contributed by atoms with Crippen LogP contribution in [-0.4, -0.2) is 63.3 Å². The summed E-state index contributed by atoms with van der Waals surface area (Å²) in [6.45, 7) is 3.28. The van der Waals surface area contributed by atoms with Gasteiger partial charge in [-0.05, 0) is 18.9 Å². The molecule has 1 saturated heterocycles. The maximum absolute atomic E-state index is 12.5. The van der Waals surface area contributed by atoms with Gasteiger partial charge in [0.05, 0.1) is 13.1 Å². The molecule has 1 N–H and O–H groups in total. The summed E-state index contributed by atoms with van der Waals surface area (Å²) in [7, 11) is 1.66. The average Bonchev–Trinajstić information content (AvgIpc) is 3.22. The molecule has 134 valence electrons. The Kier molecular flexibility index (Phi) is 4.98. The molecule has 1 fully saturated rings. The standard InChI is InChI=1S/C17H23N5O3/c1-3-5-13-10-14(20-25-13)15(23)21(2)11-17(24)6-9-22(12-17)16-18-7-4-8-19-16/h4,7-8,10,24H,3,5-6,9,11-12H2,1-2H3. The number of aromatic nitrogens is 3. The molecule has 3 rings (SSSR count). The lowest BCUT2D eigenvalue weighted by atomic mass is 10.0. The molecule has 0 aromatic carbocycles. The van der Waals surface area contributed by atoms with Crippen molar-refractivity contribution in [2.75, 3.05) is 31.6 Å². The number of likely N-dealkylation sites (N-methyl/N-ethyl adjacent to an activating group) is 1. The minimum absolute atomic E-state index is 0.213. The van der Waals surface area contributed by atoms with E-state index in [1.54, 1.807) is 31.6 Å². The molecule has 2 aromatic rings. The first-order valence-electron chi connectivity index (χ1n) is 8.46. The van der Waals surface area contributed by atoms with Crippen LogP contribution in [0.2, 0.25) is 0 Å². The van der Waals surface area contributed by atoms with Crippen molar-refractivity contribution in [1.29, 1.82) is 0 Å². The van der Waals surface area contributed by atoms with Crippen LogP contribution < -0.4 is 4.90 Å². The second kappa shape index (κ2) is 7.18. The smallest absolute Gasteiger partial charge is 0.275 e. The number of anilines is 1. The monoisotopic (exact) mass is 345 g/mol. The van der Waals surface area contributed by atoms with Gasteiger partial charge in [0.1, 0.15) is 11.4 Å². The molecule has 0 bridgehead atoms. The van der Waals surface area contributed by atoms with E-state index in [0.29, 0.717) is 31.2 Å². The highest BCUT2D eigenvalue weighted by Crippen LogP contribution is 2.25. The molecule has 1 aliphatic rings. The molecule has 0 spiro atoms. The second-order valence-electron chi connectivity index (χ2n) is 6.53. The third kappa shape index (κ3) is 3.96. The zero-order valence-corrected chi connectivity index (χ0v) is 14.6. The summed E-state index contributed by atoms with van der Waals surface area (Å²) in [5, 5.41) is 14.7. The number of hydrogen-bond acceptors (Lipinski definition) is 7. The molecule has 0 saturated carbocycles. The molecule has 8 nitrogen and oxygen atoms in total. The van der Waals surface area contributed by atoms with E-state index in [1.165, 1.54) is 4.90 Å². The Balaban J connectivity index is 1.61. The van der Waals surface area contributed by atoms with Gasteiger partial charge < -0.3 is 19.4 Å². The molecular weight excluding hydrogens is 322 g/mol. The van der Waals surface area contributed by atoms with Gasteiger partial charge in [-0.1, -0.05) is 12.1 Å². The minimum atomic E-state index is -1.00. The Labute approximate surface area is 146 Å². The number of aryl methyl sites for hydroxylation is 1. The van der Waals surface area contributed by atoms with Crippen molar-refractivity contribution in [2.45, 2.75) is 31.8 Å². The number of nitrogens with zero attached hydrogens (tertiary/aromatic N) is 5. The molecule has 2 aromatic heterocycles. The van der Waals surface area contributed by atoms with E-state index in [2.05, 4.69) is 15.1 Å². The number of carbonyl (C=O) groups is 1. The van der Waals surface area contributed by atoms with Crippen molar-refractivity contribution in [3.63, 3.8) is 0 Å². The van der Waals surface area contributed by atoms with Crippen molar-refractivity contribution in [2.24, 2.45) is 0 Å². The molecule has 1 atom stereocenters. The highest BCUT2D eigenvalue weighted by atomic mass is 16.5. The number of aliphatic hydroxyl groups is 1. The van der Waals surface area contributed by atoms with Gasteiger partial charge >= 0.3 is 0 Å². The van der Waals surface area contributed by atoms with Crippen LogP contribution in [0.5, 0.6) is 0 Å². The maximum Gasteiger partial charge on any atom is 0.275 e. The molecule has 0 radical (unpaired) electrons. The molecule has 1 aliphatic heterocycles. The summed E-state index contributed by atoms with van der Waals surface area (Å²) in [5.41, 5.74) is -0.727. The number of carbonyl (C=O) groups excluding carboxylic acids is 1. The lowest BCUT2D eigenvalue weighted by Crippen LogP contribution is -2.46. The van der Waals surface area contributed by atoms with Crippen LogP contribution >= 0.6 is 0 Å². The number of amides is 1. The van der Waals surface area contributed by atoms with E-state index in [4.69, 9.17) is 4.52 Å². The number of rotatable bonds is 6. The van der Waals surface area contributed by atoms with E-state index in [1.807, 2.05) is 11.8 Å². The quantitative estimate of drug-likeness (QED) is 0.838. The zero-order valence-electron chi connectivity index (χ0n) is 14.6. The molecular formula is C17H23N5O3. The van der Waals surface area contributed by atoms with Crippen LogP contribution in [0.4, 0.5) is 5.95 Å². The van der Waals surface area contributed by atoms with Gasteiger partial charge in [-0.2, -0.15) is 0 Å². The Morgan fingerprint density at radius 1 is 1.44 bits per heavy atom. The van der Waals surface area contributed by atoms with Crippen molar-refractivity contribution in [3.05, 3.63) is 36.0 Å². The summed E-state index contributed by atoms with van der Waals surface area (Å²) in [5.74, 6) is 1.04. The first-order valence-corrected chi connectivity index (χ1v) is 8.46. The Hall–Kier alpha value is -2.48. The summed E-state index contributed by atoms with van der Waals surface area (Å²) in [6, 6.07) is 3.42. The predicted octanol–water partition coefficient (Wildman–Crippen LogP) is 1.13. The zero-order chi connectivity index (χ0) is 17.9. The van der Waals surface area contributed by atoms with Gasteiger partial charge in [-0.25, -0.2) is 9.97 Å². The topological polar surface area (TPSA) is 95.6 Å². The van der Waals surface area contributed by atoms with Gasteiger partial charge in [-0.3, -0.25) is 4.79 Å². The Bertz CT molecular complexity index is 720. The molecule has 1 unspecified atom stereocenters. The molecule has 0 aliphatic carbocycles. The first kappa shape index (κ1) is 17.3. The van der Waals surface area contributed by atoms with E-state index in [0.717, 1.165) is 12.8 Å². The third-order valence-corrected chi connectivity index (χ3v) is 4.32. The summed E-state index contributed by atoms with van der Waals surface area (Å²) < 4.78 is 5.16. The molecule has 1 amide bonds. The molecule has 3 heterocycles. The highest BCUT2D eigenvalue weighted by molar-refractivity contribution is 5.92. The Morgan fingerprint density at radius 2 is 2.20 bits per heavy atom. The highest BCUT2D eigenvalue weighted by Gasteiger charge is 2.39. The number of β-amino-alcohol motifs (C(OH)–C–C–N with tert-alkyl or cyclic N) is 1. The van der Waals surface area contributed by atoms with E-state index < -0.39 is 5.60 Å². The normalized spacial score (nSPS) is 20.0. The van der Waals surface area contributed by atoms with Crippen LogP contribution in [-0.2, 0) is 6.42 Å². The first-order chi connectivity index (χ1) is 12.0. The Morgan fingerprint density at radius 3 is 2.92 bits per heavy atom. The van der Waals surface area contributed by atoms with E-state index >= 15 is 0 Å². The lowest BCUT2D eigenvalue weighted by Gasteiger charge is -2.28. The van der Waals surface area contributed by atoms with Crippen molar-refractivity contribution in [3.8, 4) is 0 Å². The van der Waals surface area contributed by atoms with Gasteiger partial charge in [0.15, 0.2) is 5.69 Å². The average molecular weight is 345 g/mol. The fraction of sp³-hybridized carbons (Fsp3) is 0.529. The van der Waals surface area contributed by atoms with Crippen LogP contribution in [0.25, 0.3) is 0 Å². The van der Waals surface area contributed by atoms with Crippen molar-refractivity contribution < 1.29 is 14.4 Å². The summed E-state index contributed by atoms with van der Waals surface area (Å²) >= 11 is 0.